The number of nitrogens with zero attached hydrogens (tertiary/aromatic N) is 4. The van der Waals surface area contributed by atoms with Crippen LogP contribution in [0, 0.1) is 30.0 Å². The molecule has 1 saturated heterocycles. The summed E-state index contributed by atoms with van der Waals surface area (Å²) >= 11 is 1.33. The Balaban J connectivity index is 1.85. The van der Waals surface area contributed by atoms with Crippen LogP contribution in [0.4, 0.5) is 14.6 Å². The van der Waals surface area contributed by atoms with Crippen LogP contribution in [0.3, 0.4) is 0 Å². The first-order valence-corrected chi connectivity index (χ1v) is 19.8. The van der Waals surface area contributed by atoms with Crippen molar-refractivity contribution >= 4 is 47.3 Å². The van der Waals surface area contributed by atoms with Crippen molar-refractivity contribution in [1.29, 1.82) is 0 Å². The van der Waals surface area contributed by atoms with Crippen molar-refractivity contribution < 1.29 is 19.6 Å². The molecule has 6 nitrogen and oxygen atoms in total. The minimum Gasteiger partial charge on any atom is -0.468 e. The Hall–Kier alpha value is -3.26. The third kappa shape index (κ3) is 6.59. The molecular weight excluding hydrogens is 631 g/mol. The number of fused-ring (bicyclic) bond motifs is 2. The smallest absolute Gasteiger partial charge is 0.189 e. The van der Waals surface area contributed by atoms with Crippen LogP contribution in [0.2, 0.25) is 16.6 Å². The van der Waals surface area contributed by atoms with Gasteiger partial charge in [0.2, 0.25) is 0 Å². The van der Waals surface area contributed by atoms with Crippen molar-refractivity contribution in [3.8, 4) is 28.5 Å². The number of thioether (sulfide) groups is 1. The van der Waals surface area contributed by atoms with Gasteiger partial charge in [-0.2, -0.15) is 0 Å². The Morgan fingerprint density at radius 2 is 1.72 bits per heavy atom. The SMILES string of the molecule is [2H]C1CCCN(c2nc(SC)nc3c(F)c(-c4cc(OCOC)cc5ccc(F)c(C#C[Si](C(C)C)(C(C)C)C(C)C)c45)nc(C)c23)C1. The summed E-state index contributed by atoms with van der Waals surface area (Å²) in [6.07, 6.45) is 3.27. The van der Waals surface area contributed by atoms with E-state index in [4.69, 9.17) is 20.8 Å². The zero-order valence-electron chi connectivity index (χ0n) is 29.9. The molecule has 0 aliphatic carbocycles. The van der Waals surface area contributed by atoms with Crippen LogP contribution in [0.25, 0.3) is 32.9 Å². The Labute approximate surface area is 284 Å². The summed E-state index contributed by atoms with van der Waals surface area (Å²) in [6.45, 7) is 16.3. The lowest BCUT2D eigenvalue weighted by Gasteiger charge is -2.38. The number of anilines is 1. The summed E-state index contributed by atoms with van der Waals surface area (Å²) in [5.41, 5.74) is 6.03. The first-order valence-electron chi connectivity index (χ1n) is 16.9. The van der Waals surface area contributed by atoms with Gasteiger partial charge in [-0.15, -0.1) is 5.54 Å². The summed E-state index contributed by atoms with van der Waals surface area (Å²) in [5, 5.41) is 2.07. The lowest BCUT2D eigenvalue weighted by molar-refractivity contribution is 0.0512. The second kappa shape index (κ2) is 14.5. The highest BCUT2D eigenvalue weighted by Crippen LogP contribution is 2.43. The predicted octanol–water partition coefficient (Wildman–Crippen LogP) is 9.70. The van der Waals surface area contributed by atoms with Crippen LogP contribution in [-0.4, -0.2) is 56.3 Å². The van der Waals surface area contributed by atoms with E-state index in [1.165, 1.54) is 24.9 Å². The van der Waals surface area contributed by atoms with E-state index < -0.39 is 19.7 Å². The van der Waals surface area contributed by atoms with Crippen LogP contribution in [0.1, 0.15) is 73.4 Å². The number of hydrogen-bond acceptors (Lipinski definition) is 7. The van der Waals surface area contributed by atoms with E-state index in [1.54, 1.807) is 18.2 Å². The van der Waals surface area contributed by atoms with Gasteiger partial charge in [-0.1, -0.05) is 65.3 Å². The maximum atomic E-state index is 17.1. The molecule has 1 atom stereocenters. The summed E-state index contributed by atoms with van der Waals surface area (Å²) in [7, 11) is -0.709. The van der Waals surface area contributed by atoms with E-state index in [2.05, 4.69) is 58.0 Å². The number of ether oxygens (including phenoxy) is 2. The Morgan fingerprint density at radius 3 is 2.36 bits per heavy atom. The molecule has 4 aromatic rings. The number of hydrogen-bond donors (Lipinski definition) is 0. The van der Waals surface area contributed by atoms with E-state index in [-0.39, 0.29) is 30.0 Å². The number of pyridine rings is 1. The van der Waals surface area contributed by atoms with Gasteiger partial charge in [-0.3, -0.25) is 0 Å². The number of methoxy groups -OCH3 is 1. The summed E-state index contributed by atoms with van der Waals surface area (Å²) in [5.74, 6) is 3.25. The third-order valence-electron chi connectivity index (χ3n) is 9.50. The van der Waals surface area contributed by atoms with Gasteiger partial charge in [0.1, 0.15) is 36.7 Å². The topological polar surface area (TPSA) is 60.4 Å². The number of piperidine rings is 1. The van der Waals surface area contributed by atoms with Crippen molar-refractivity contribution in [1.82, 2.24) is 15.0 Å². The summed E-state index contributed by atoms with van der Waals surface area (Å²) < 4.78 is 52.5. The predicted molar refractivity (Wildman–Crippen MR) is 193 cm³/mol. The van der Waals surface area contributed by atoms with Gasteiger partial charge in [-0.25, -0.2) is 23.7 Å². The third-order valence-corrected chi connectivity index (χ3v) is 16.3. The average Bonchev–Trinajstić information content (AvgIpc) is 3.05. The molecule has 1 fully saturated rings. The summed E-state index contributed by atoms with van der Waals surface area (Å²) in [6, 6.07) is 6.57. The molecule has 5 rings (SSSR count). The molecule has 0 spiro atoms. The van der Waals surface area contributed by atoms with E-state index in [9.17, 15) is 0 Å². The number of rotatable bonds is 9. The standard InChI is InChI=1S/C37H46F2N4O2SSi/c1-22(2)47(23(3)4,24(5)6)18-15-28-30(38)14-13-26-19-27(45-21-44-8)20-29(32(26)28)34-33(39)35-31(25(7)40-34)36(42-37(41-35)46-9)43-16-11-10-12-17-43/h13-14,19-20,22-24H,10-12,16-17,21H2,1-9H3/i11D. The highest BCUT2D eigenvalue weighted by Gasteiger charge is 2.42. The Bertz CT molecular complexity index is 1870. The van der Waals surface area contributed by atoms with Crippen molar-refractivity contribution in [2.45, 2.75) is 89.5 Å². The molecule has 2 aromatic heterocycles. The highest BCUT2D eigenvalue weighted by atomic mass is 32.2. The molecule has 3 heterocycles. The Kier molecular flexibility index (Phi) is 10.4. The molecular formula is C37H46F2N4O2SSi. The van der Waals surface area contributed by atoms with Crippen LogP contribution in [0.15, 0.2) is 29.4 Å². The molecule has 0 radical (unpaired) electrons. The molecule has 0 amide bonds. The van der Waals surface area contributed by atoms with E-state index in [0.717, 1.165) is 19.4 Å². The minimum absolute atomic E-state index is 0.0166. The fourth-order valence-electron chi connectivity index (χ4n) is 7.30. The van der Waals surface area contributed by atoms with Crippen molar-refractivity contribution in [3.05, 3.63) is 47.2 Å². The average molecular weight is 678 g/mol. The van der Waals surface area contributed by atoms with Crippen LogP contribution >= 0.6 is 11.8 Å². The van der Waals surface area contributed by atoms with E-state index in [1.807, 2.05) is 18.1 Å². The van der Waals surface area contributed by atoms with Gasteiger partial charge in [0.05, 0.1) is 16.6 Å². The van der Waals surface area contributed by atoms with Crippen molar-refractivity contribution in [3.63, 3.8) is 0 Å². The second-order valence-corrected chi connectivity index (χ2v) is 19.5. The monoisotopic (exact) mass is 677 g/mol. The maximum Gasteiger partial charge on any atom is 0.189 e. The van der Waals surface area contributed by atoms with Crippen molar-refractivity contribution in [2.75, 3.05) is 38.1 Å². The minimum atomic E-state index is -2.24. The normalized spacial score (nSPS) is 15.9. The van der Waals surface area contributed by atoms with Gasteiger partial charge in [0.15, 0.2) is 17.8 Å². The molecule has 250 valence electrons. The molecule has 1 unspecified atom stereocenters. The largest absolute Gasteiger partial charge is 0.468 e. The number of halogens is 2. The van der Waals surface area contributed by atoms with E-state index in [0.29, 0.717) is 67.3 Å². The first-order chi connectivity index (χ1) is 22.8. The van der Waals surface area contributed by atoms with Gasteiger partial charge < -0.3 is 14.4 Å². The van der Waals surface area contributed by atoms with Crippen LogP contribution in [-0.2, 0) is 4.74 Å². The lowest BCUT2D eigenvalue weighted by Crippen LogP contribution is -2.43. The molecule has 0 N–H and O–H groups in total. The van der Waals surface area contributed by atoms with Gasteiger partial charge in [-0.05, 0) is 72.6 Å². The molecule has 10 heteroatoms. The molecule has 0 saturated carbocycles. The number of aromatic nitrogens is 3. The maximum absolute atomic E-state index is 17.1. The zero-order chi connectivity index (χ0) is 34.9. The molecule has 2 aromatic carbocycles. The second-order valence-electron chi connectivity index (χ2n) is 13.2. The number of aryl methyl sites for hydroxylation is 1. The molecule has 47 heavy (non-hydrogen) atoms. The molecule has 1 aliphatic heterocycles. The van der Waals surface area contributed by atoms with Gasteiger partial charge in [0, 0.05) is 32.5 Å². The molecule has 1 aliphatic rings. The van der Waals surface area contributed by atoms with E-state index >= 15 is 8.78 Å². The fourth-order valence-corrected chi connectivity index (χ4v) is 12.9. The molecule has 0 bridgehead atoms. The fraction of sp³-hybridized carbons (Fsp3) is 0.486. The lowest BCUT2D eigenvalue weighted by atomic mass is 9.95. The summed E-state index contributed by atoms with van der Waals surface area (Å²) in [4.78, 5) is 16.3. The quantitative estimate of drug-likeness (QED) is 0.0575. The first kappa shape index (κ1) is 33.6. The number of benzene rings is 2. The van der Waals surface area contributed by atoms with Crippen LogP contribution in [0.5, 0.6) is 5.75 Å². The highest BCUT2D eigenvalue weighted by molar-refractivity contribution is 7.98. The Morgan fingerprint density at radius 1 is 1.00 bits per heavy atom. The van der Waals surface area contributed by atoms with Crippen molar-refractivity contribution in [2.24, 2.45) is 0 Å². The van der Waals surface area contributed by atoms with Gasteiger partial charge in [0.25, 0.3) is 0 Å². The van der Waals surface area contributed by atoms with Gasteiger partial charge >= 0.3 is 0 Å². The zero-order valence-corrected chi connectivity index (χ0v) is 30.7. The van der Waals surface area contributed by atoms with Crippen LogP contribution < -0.4 is 9.64 Å².